The van der Waals surface area contributed by atoms with Gasteiger partial charge in [0, 0.05) is 48.0 Å². The molecule has 1 aliphatic carbocycles. The van der Waals surface area contributed by atoms with Gasteiger partial charge < -0.3 is 25.7 Å². The second-order valence-corrected chi connectivity index (χ2v) is 10.1. The van der Waals surface area contributed by atoms with Crippen molar-refractivity contribution in [3.05, 3.63) is 35.8 Å². The summed E-state index contributed by atoms with van der Waals surface area (Å²) in [5.41, 5.74) is 0.691. The maximum Gasteiger partial charge on any atom is 0.419 e. The summed E-state index contributed by atoms with van der Waals surface area (Å²) >= 11 is 0. The summed E-state index contributed by atoms with van der Waals surface area (Å²) in [7, 11) is 0. The Morgan fingerprint density at radius 2 is 2.00 bits per heavy atom. The van der Waals surface area contributed by atoms with Gasteiger partial charge in [-0.2, -0.15) is 13.2 Å². The zero-order chi connectivity index (χ0) is 24.8. The fourth-order valence-electron chi connectivity index (χ4n) is 5.94. The lowest BCUT2D eigenvalue weighted by atomic mass is 9.78. The summed E-state index contributed by atoms with van der Waals surface area (Å²) < 4.78 is 47.7. The molecule has 5 heterocycles. The Morgan fingerprint density at radius 3 is 2.78 bits per heavy atom. The smallest absolute Gasteiger partial charge is 0.369 e. The van der Waals surface area contributed by atoms with Crippen molar-refractivity contribution < 1.29 is 17.9 Å². The second kappa shape index (κ2) is 9.28. The van der Waals surface area contributed by atoms with E-state index in [-0.39, 0.29) is 29.3 Å². The number of nitrogens with zero attached hydrogens (tertiary/aromatic N) is 3. The minimum atomic E-state index is -4.59. The van der Waals surface area contributed by atoms with Crippen molar-refractivity contribution in [3.8, 4) is 11.3 Å². The number of halogens is 3. The summed E-state index contributed by atoms with van der Waals surface area (Å²) in [4.78, 5) is 16.1. The Bertz CT molecular complexity index is 1230. The number of anilines is 1. The Morgan fingerprint density at radius 1 is 1.11 bits per heavy atom. The standard InChI is InChI=1S/C25H30F3N7O/c26-25(27,28)18-13-31-23(33-15-3-1-6-24(11-15)7-2-8-32-24)35-21(18)17-12-30-22-16(17)4-5-19(34-22)20-14-29-9-10-36-20/h4-5,12-13,15,20,29,32H,1-3,6-11,14H2,(H,30,34)(H,31,33,35). The van der Waals surface area contributed by atoms with Crippen LogP contribution in [0.2, 0.25) is 0 Å². The van der Waals surface area contributed by atoms with Gasteiger partial charge in [-0.15, -0.1) is 0 Å². The number of nitrogens with one attached hydrogen (secondary N) is 4. The summed E-state index contributed by atoms with van der Waals surface area (Å²) in [5.74, 6) is 0.221. The number of morpholine rings is 1. The molecule has 1 spiro atoms. The molecule has 11 heteroatoms. The molecular weight excluding hydrogens is 471 g/mol. The maximum atomic E-state index is 14.0. The molecule has 3 atom stereocenters. The van der Waals surface area contributed by atoms with Crippen LogP contribution < -0.4 is 16.0 Å². The van der Waals surface area contributed by atoms with E-state index in [2.05, 4.69) is 35.9 Å². The Hall–Kier alpha value is -2.76. The molecule has 8 nitrogen and oxygen atoms in total. The molecule has 0 aromatic carbocycles. The van der Waals surface area contributed by atoms with E-state index in [0.717, 1.165) is 63.5 Å². The number of rotatable bonds is 4. The molecule has 0 amide bonds. The highest BCUT2D eigenvalue weighted by Crippen LogP contribution is 2.40. The summed E-state index contributed by atoms with van der Waals surface area (Å²) in [6.07, 6.45) is 4.01. The van der Waals surface area contributed by atoms with E-state index in [1.807, 2.05) is 0 Å². The van der Waals surface area contributed by atoms with Gasteiger partial charge >= 0.3 is 6.18 Å². The normalized spacial score (nSPS) is 27.1. The second-order valence-electron chi connectivity index (χ2n) is 10.1. The van der Waals surface area contributed by atoms with Crippen LogP contribution in [0.1, 0.15) is 55.9 Å². The fourth-order valence-corrected chi connectivity index (χ4v) is 5.94. The summed E-state index contributed by atoms with van der Waals surface area (Å²) in [5, 5.41) is 10.8. The lowest BCUT2D eigenvalue weighted by molar-refractivity contribution is -0.137. The highest BCUT2D eigenvalue weighted by atomic mass is 19.4. The number of fused-ring (bicyclic) bond motifs is 1. The van der Waals surface area contributed by atoms with E-state index >= 15 is 0 Å². The average Bonchev–Trinajstić information content (AvgIpc) is 3.50. The molecule has 0 radical (unpaired) electrons. The third-order valence-corrected chi connectivity index (χ3v) is 7.68. The number of aromatic amines is 1. The Balaban J connectivity index is 1.32. The molecule has 6 rings (SSSR count). The molecule has 3 aromatic heterocycles. The quantitative estimate of drug-likeness (QED) is 0.426. The molecule has 3 aliphatic rings. The highest BCUT2D eigenvalue weighted by Gasteiger charge is 2.39. The molecule has 3 fully saturated rings. The molecule has 2 saturated heterocycles. The van der Waals surface area contributed by atoms with Crippen molar-refractivity contribution in [2.45, 2.75) is 62.4 Å². The molecular formula is C25H30F3N7O. The maximum absolute atomic E-state index is 14.0. The number of ether oxygens (including phenoxy) is 1. The van der Waals surface area contributed by atoms with E-state index in [1.165, 1.54) is 0 Å². The van der Waals surface area contributed by atoms with Crippen molar-refractivity contribution in [2.75, 3.05) is 31.6 Å². The molecule has 3 aromatic rings. The van der Waals surface area contributed by atoms with Gasteiger partial charge in [-0.05, 0) is 57.2 Å². The molecule has 4 N–H and O–H groups in total. The van der Waals surface area contributed by atoms with Crippen molar-refractivity contribution in [2.24, 2.45) is 0 Å². The number of H-pyrrole nitrogens is 1. The fraction of sp³-hybridized carbons (Fsp3) is 0.560. The number of hydrogen-bond donors (Lipinski definition) is 4. The van der Waals surface area contributed by atoms with Gasteiger partial charge in [-0.1, -0.05) is 0 Å². The van der Waals surface area contributed by atoms with Crippen molar-refractivity contribution >= 4 is 17.0 Å². The first-order valence-electron chi connectivity index (χ1n) is 12.7. The zero-order valence-corrected chi connectivity index (χ0v) is 19.9. The van der Waals surface area contributed by atoms with Gasteiger partial charge in [-0.3, -0.25) is 0 Å². The molecule has 2 aliphatic heterocycles. The largest absolute Gasteiger partial charge is 0.419 e. The third kappa shape index (κ3) is 4.55. The first-order valence-corrected chi connectivity index (χ1v) is 12.7. The number of alkyl halides is 3. The van der Waals surface area contributed by atoms with Crippen LogP contribution in [0.4, 0.5) is 19.1 Å². The molecule has 36 heavy (non-hydrogen) atoms. The number of aromatic nitrogens is 4. The van der Waals surface area contributed by atoms with Crippen molar-refractivity contribution in [3.63, 3.8) is 0 Å². The highest BCUT2D eigenvalue weighted by molar-refractivity contribution is 5.93. The zero-order valence-electron chi connectivity index (χ0n) is 19.9. The predicted octanol–water partition coefficient (Wildman–Crippen LogP) is 4.18. The van der Waals surface area contributed by atoms with Gasteiger partial charge in [0.05, 0.1) is 18.0 Å². The van der Waals surface area contributed by atoms with E-state index in [1.54, 1.807) is 18.3 Å². The Labute approximate surface area is 206 Å². The van der Waals surface area contributed by atoms with Gasteiger partial charge in [0.25, 0.3) is 0 Å². The van der Waals surface area contributed by atoms with Crippen LogP contribution in [0.25, 0.3) is 22.3 Å². The Kier molecular flexibility index (Phi) is 6.09. The van der Waals surface area contributed by atoms with E-state index in [0.29, 0.717) is 29.7 Å². The predicted molar refractivity (Wildman–Crippen MR) is 130 cm³/mol. The van der Waals surface area contributed by atoms with Gasteiger partial charge in [0.15, 0.2) is 0 Å². The first kappa shape index (κ1) is 23.6. The summed E-state index contributed by atoms with van der Waals surface area (Å²) in [6, 6.07) is 3.71. The van der Waals surface area contributed by atoms with Gasteiger partial charge in [0.1, 0.15) is 17.3 Å². The molecule has 0 bridgehead atoms. The van der Waals surface area contributed by atoms with Crippen molar-refractivity contribution in [1.82, 2.24) is 30.6 Å². The minimum absolute atomic E-state index is 0.116. The van der Waals surface area contributed by atoms with Crippen molar-refractivity contribution in [1.29, 1.82) is 0 Å². The van der Waals surface area contributed by atoms with E-state index in [4.69, 9.17) is 4.74 Å². The minimum Gasteiger partial charge on any atom is -0.369 e. The molecule has 1 saturated carbocycles. The number of hydrogen-bond acceptors (Lipinski definition) is 7. The number of pyridine rings is 1. The van der Waals surface area contributed by atoms with Gasteiger partial charge in [0.2, 0.25) is 5.95 Å². The van der Waals surface area contributed by atoms with Gasteiger partial charge in [-0.25, -0.2) is 15.0 Å². The van der Waals surface area contributed by atoms with Crippen LogP contribution in [-0.4, -0.2) is 57.8 Å². The van der Waals surface area contributed by atoms with Crippen LogP contribution in [-0.2, 0) is 10.9 Å². The monoisotopic (exact) mass is 501 g/mol. The molecule has 3 unspecified atom stereocenters. The SMILES string of the molecule is FC(F)(F)c1cnc(NC2CCCC3(CCCN3)C2)nc1-c1c[nH]c2nc(C3CNCCO3)ccc12. The lowest BCUT2D eigenvalue weighted by Crippen LogP contribution is -2.47. The van der Waals surface area contributed by atoms with Crippen LogP contribution >= 0.6 is 0 Å². The van der Waals surface area contributed by atoms with Crippen LogP contribution in [0.15, 0.2) is 24.5 Å². The molecule has 192 valence electrons. The average molecular weight is 502 g/mol. The van der Waals surface area contributed by atoms with E-state index < -0.39 is 11.7 Å². The third-order valence-electron chi connectivity index (χ3n) is 7.68. The topological polar surface area (TPSA) is 99.8 Å². The van der Waals surface area contributed by atoms with Crippen LogP contribution in [0, 0.1) is 0 Å². The van der Waals surface area contributed by atoms with E-state index in [9.17, 15) is 13.2 Å². The lowest BCUT2D eigenvalue weighted by Gasteiger charge is -2.38. The van der Waals surface area contributed by atoms with Crippen LogP contribution in [0.5, 0.6) is 0 Å². The first-order chi connectivity index (χ1) is 17.4. The summed E-state index contributed by atoms with van der Waals surface area (Å²) in [6.45, 7) is 3.04. The van der Waals surface area contributed by atoms with Crippen LogP contribution in [0.3, 0.4) is 0 Å².